The van der Waals surface area contributed by atoms with Crippen molar-refractivity contribution >= 4 is 5.78 Å². The van der Waals surface area contributed by atoms with Gasteiger partial charge in [-0.05, 0) is 23.1 Å². The van der Waals surface area contributed by atoms with Gasteiger partial charge in [-0.15, -0.1) is 0 Å². The molecule has 2 aliphatic heterocycles. The molecule has 2 bridgehead atoms. The molecular formula is C26H22O2. The Labute approximate surface area is 165 Å². The van der Waals surface area contributed by atoms with E-state index in [4.69, 9.17) is 4.74 Å². The van der Waals surface area contributed by atoms with Crippen LogP contribution < -0.4 is 0 Å². The van der Waals surface area contributed by atoms with Crippen LogP contribution in [0.15, 0.2) is 91.0 Å². The number of carbonyl (C=O) groups is 1. The minimum Gasteiger partial charge on any atom is -0.359 e. The van der Waals surface area contributed by atoms with Crippen LogP contribution in [0.5, 0.6) is 0 Å². The van der Waals surface area contributed by atoms with Crippen LogP contribution >= 0.6 is 0 Å². The molecule has 2 heteroatoms. The van der Waals surface area contributed by atoms with Crippen molar-refractivity contribution < 1.29 is 9.53 Å². The van der Waals surface area contributed by atoms with Gasteiger partial charge in [0.1, 0.15) is 6.10 Å². The molecule has 2 nitrogen and oxygen atoms in total. The highest BCUT2D eigenvalue weighted by atomic mass is 16.5. The first-order chi connectivity index (χ1) is 13.8. The van der Waals surface area contributed by atoms with E-state index >= 15 is 0 Å². The summed E-state index contributed by atoms with van der Waals surface area (Å²) in [4.78, 5) is 12.9. The highest BCUT2D eigenvalue weighted by Gasteiger charge is 2.82. The van der Waals surface area contributed by atoms with E-state index in [9.17, 15) is 4.79 Å². The lowest BCUT2D eigenvalue weighted by molar-refractivity contribution is -0.157. The Kier molecular flexibility index (Phi) is 3.28. The number of ketones is 1. The first-order valence-corrected chi connectivity index (χ1v) is 10.2. The van der Waals surface area contributed by atoms with Crippen LogP contribution in [0.3, 0.4) is 0 Å². The van der Waals surface area contributed by atoms with Crippen LogP contribution in [0.4, 0.5) is 0 Å². The maximum absolute atomic E-state index is 12.9. The lowest BCUT2D eigenvalue weighted by Crippen LogP contribution is -2.45. The molecule has 3 aromatic rings. The summed E-state index contributed by atoms with van der Waals surface area (Å²) in [5, 5.41) is 0. The second-order valence-corrected chi connectivity index (χ2v) is 8.36. The molecule has 0 unspecified atom stereocenters. The standard InChI is InChI=1S/C26H22O2/c27-21-16-17-25(18-10-4-1-5-11-18)24-22(23(21)28-25)26(24,19-12-6-2-7-13-19)20-14-8-3-9-15-20/h1-15,22-24H,16-17H2/t22-,23-,24-,25-/m1/s1. The third kappa shape index (κ3) is 1.89. The predicted molar refractivity (Wildman–Crippen MR) is 108 cm³/mol. The van der Waals surface area contributed by atoms with Gasteiger partial charge < -0.3 is 4.74 Å². The van der Waals surface area contributed by atoms with Crippen molar-refractivity contribution in [1.82, 2.24) is 0 Å². The van der Waals surface area contributed by atoms with Gasteiger partial charge in [0.2, 0.25) is 0 Å². The van der Waals surface area contributed by atoms with Crippen molar-refractivity contribution in [3.05, 3.63) is 108 Å². The van der Waals surface area contributed by atoms with Crippen LogP contribution in [-0.2, 0) is 20.5 Å². The number of carbonyl (C=O) groups excluding carboxylic acids is 1. The van der Waals surface area contributed by atoms with E-state index in [1.165, 1.54) is 16.7 Å². The third-order valence-corrected chi connectivity index (χ3v) is 7.26. The predicted octanol–water partition coefficient (Wildman–Crippen LogP) is 4.88. The molecule has 3 fully saturated rings. The van der Waals surface area contributed by atoms with E-state index in [0.717, 1.165) is 6.42 Å². The number of Topliss-reactive ketones (excluding diaryl/α,β-unsaturated/α-hetero) is 1. The van der Waals surface area contributed by atoms with Crippen LogP contribution in [0, 0.1) is 11.8 Å². The van der Waals surface area contributed by atoms with Crippen molar-refractivity contribution in [2.24, 2.45) is 11.8 Å². The van der Waals surface area contributed by atoms with Crippen LogP contribution in [0.2, 0.25) is 0 Å². The van der Waals surface area contributed by atoms with Crippen molar-refractivity contribution in [3.8, 4) is 0 Å². The highest BCUT2D eigenvalue weighted by molar-refractivity contribution is 5.87. The fourth-order valence-electron chi connectivity index (χ4n) is 6.24. The van der Waals surface area contributed by atoms with Crippen molar-refractivity contribution in [3.63, 3.8) is 0 Å². The molecule has 3 aliphatic rings. The molecule has 0 spiro atoms. The molecule has 0 amide bonds. The van der Waals surface area contributed by atoms with Crippen LogP contribution in [0.25, 0.3) is 0 Å². The molecule has 3 aromatic carbocycles. The Morgan fingerprint density at radius 1 is 0.714 bits per heavy atom. The van der Waals surface area contributed by atoms with E-state index in [2.05, 4.69) is 84.9 Å². The fourth-order valence-corrected chi connectivity index (χ4v) is 6.24. The summed E-state index contributed by atoms with van der Waals surface area (Å²) in [6, 6.07) is 32.1. The smallest absolute Gasteiger partial charge is 0.162 e. The van der Waals surface area contributed by atoms with Crippen LogP contribution in [-0.4, -0.2) is 11.9 Å². The fraction of sp³-hybridized carbons (Fsp3) is 0.269. The average molecular weight is 366 g/mol. The van der Waals surface area contributed by atoms with Gasteiger partial charge >= 0.3 is 0 Å². The van der Waals surface area contributed by atoms with E-state index in [0.29, 0.717) is 6.42 Å². The molecule has 4 atom stereocenters. The lowest BCUT2D eigenvalue weighted by Gasteiger charge is -2.41. The minimum atomic E-state index is -0.379. The number of rotatable bonds is 3. The Hall–Kier alpha value is -2.71. The lowest BCUT2D eigenvalue weighted by atomic mass is 9.73. The molecule has 2 saturated heterocycles. The van der Waals surface area contributed by atoms with Gasteiger partial charge in [-0.25, -0.2) is 0 Å². The first-order valence-electron chi connectivity index (χ1n) is 10.2. The van der Waals surface area contributed by atoms with Crippen molar-refractivity contribution in [1.29, 1.82) is 0 Å². The molecular weight excluding hydrogens is 344 g/mol. The third-order valence-electron chi connectivity index (χ3n) is 7.26. The topological polar surface area (TPSA) is 26.3 Å². The summed E-state index contributed by atoms with van der Waals surface area (Å²) in [6.07, 6.45) is 1.08. The molecule has 138 valence electrons. The Bertz CT molecular complexity index is 988. The molecule has 1 saturated carbocycles. The van der Waals surface area contributed by atoms with E-state index in [1.54, 1.807) is 0 Å². The zero-order chi connectivity index (χ0) is 18.8. The summed E-state index contributed by atoms with van der Waals surface area (Å²) >= 11 is 0. The summed E-state index contributed by atoms with van der Waals surface area (Å²) in [6.45, 7) is 0. The number of hydrogen-bond donors (Lipinski definition) is 0. The monoisotopic (exact) mass is 366 g/mol. The summed E-state index contributed by atoms with van der Waals surface area (Å²) in [7, 11) is 0. The van der Waals surface area contributed by atoms with Crippen molar-refractivity contribution in [2.75, 3.05) is 0 Å². The highest BCUT2D eigenvalue weighted by Crippen LogP contribution is 2.78. The van der Waals surface area contributed by atoms with Gasteiger partial charge in [-0.2, -0.15) is 0 Å². The Morgan fingerprint density at radius 2 is 1.21 bits per heavy atom. The summed E-state index contributed by atoms with van der Waals surface area (Å²) in [5.74, 6) is 0.754. The van der Waals surface area contributed by atoms with E-state index < -0.39 is 0 Å². The molecule has 28 heavy (non-hydrogen) atoms. The largest absolute Gasteiger partial charge is 0.359 e. The molecule has 0 aromatic heterocycles. The molecule has 6 rings (SSSR count). The molecule has 0 radical (unpaired) electrons. The van der Waals surface area contributed by atoms with Gasteiger partial charge in [-0.3, -0.25) is 4.79 Å². The number of hydrogen-bond acceptors (Lipinski definition) is 2. The number of ether oxygens (including phenoxy) is 1. The van der Waals surface area contributed by atoms with Crippen LogP contribution in [0.1, 0.15) is 29.5 Å². The van der Waals surface area contributed by atoms with Gasteiger partial charge in [0.25, 0.3) is 0 Å². The maximum atomic E-state index is 12.9. The SMILES string of the molecule is O=C1CC[C@]2(c3ccccc3)O[C@H]1[C@@H]1[C@H]2C1(c1ccccc1)c1ccccc1. The zero-order valence-corrected chi connectivity index (χ0v) is 15.6. The van der Waals surface area contributed by atoms with Gasteiger partial charge in [0.05, 0.1) is 5.60 Å². The van der Waals surface area contributed by atoms with Gasteiger partial charge in [-0.1, -0.05) is 91.0 Å². The molecule has 1 aliphatic carbocycles. The summed E-state index contributed by atoms with van der Waals surface area (Å²) < 4.78 is 6.59. The van der Waals surface area contributed by atoms with Crippen molar-refractivity contribution in [2.45, 2.75) is 30.0 Å². The summed E-state index contributed by atoms with van der Waals surface area (Å²) in [5.41, 5.74) is 3.29. The Morgan fingerprint density at radius 3 is 1.75 bits per heavy atom. The normalized spacial score (nSPS) is 32.0. The maximum Gasteiger partial charge on any atom is 0.162 e. The zero-order valence-electron chi connectivity index (χ0n) is 15.6. The first kappa shape index (κ1) is 16.3. The second kappa shape index (κ2) is 5.65. The second-order valence-electron chi connectivity index (χ2n) is 8.36. The van der Waals surface area contributed by atoms with E-state index in [-0.39, 0.29) is 34.7 Å². The van der Waals surface area contributed by atoms with Gasteiger partial charge in [0, 0.05) is 23.7 Å². The Balaban J connectivity index is 1.60. The number of fused-ring (bicyclic) bond motifs is 5. The minimum absolute atomic E-state index is 0.155. The average Bonchev–Trinajstić information content (AvgIpc) is 3.39. The van der Waals surface area contributed by atoms with E-state index in [1.807, 2.05) is 6.07 Å². The molecule has 2 heterocycles. The number of benzene rings is 3. The quantitative estimate of drug-likeness (QED) is 0.661. The van der Waals surface area contributed by atoms with Gasteiger partial charge in [0.15, 0.2) is 5.78 Å². The molecule has 0 N–H and O–H groups in total.